The Hall–Kier alpha value is -1.31. The van der Waals surface area contributed by atoms with Gasteiger partial charge in [-0.1, -0.05) is 0 Å². The quantitative estimate of drug-likeness (QED) is 0.802. The molecule has 2 unspecified atom stereocenters. The van der Waals surface area contributed by atoms with Gasteiger partial charge in [0.1, 0.15) is 0 Å². The van der Waals surface area contributed by atoms with E-state index in [0.717, 1.165) is 0 Å². The summed E-state index contributed by atoms with van der Waals surface area (Å²) in [6, 6.07) is -0.268. The lowest BCUT2D eigenvalue weighted by molar-refractivity contribution is -0.147. The normalized spacial score (nSPS) is 24.3. The predicted molar refractivity (Wildman–Crippen MR) is 60.5 cm³/mol. The summed E-state index contributed by atoms with van der Waals surface area (Å²) < 4.78 is 35.7. The van der Waals surface area contributed by atoms with Gasteiger partial charge in [0.2, 0.25) is 5.91 Å². The van der Waals surface area contributed by atoms with Gasteiger partial charge in [0.15, 0.2) is 0 Å². The second-order valence-corrected chi connectivity index (χ2v) is 4.71. The van der Waals surface area contributed by atoms with E-state index in [2.05, 4.69) is 0 Å². The number of alkyl halides is 3. The van der Waals surface area contributed by atoms with Gasteiger partial charge in [0.05, 0.1) is 19.0 Å². The maximum atomic E-state index is 11.9. The monoisotopic (exact) mass is 282 g/mol. The molecule has 0 aromatic rings. The van der Waals surface area contributed by atoms with Gasteiger partial charge in [-0.05, 0) is 19.8 Å². The fourth-order valence-electron chi connectivity index (χ4n) is 2.18. The van der Waals surface area contributed by atoms with E-state index in [1.165, 1.54) is 4.90 Å². The molecule has 1 aliphatic heterocycles. The number of nitrogens with zero attached hydrogens (tertiary/aromatic N) is 1. The first-order valence-electron chi connectivity index (χ1n) is 6.00. The van der Waals surface area contributed by atoms with E-state index in [4.69, 9.17) is 5.11 Å². The maximum Gasteiger partial charge on any atom is 0.401 e. The number of likely N-dealkylation sites (tertiary alicyclic amines) is 1. The van der Waals surface area contributed by atoms with E-state index in [0.29, 0.717) is 12.8 Å². The highest BCUT2D eigenvalue weighted by Gasteiger charge is 2.32. The standard InChI is InChI=1S/C11H17F3N2O3/c1-7-4-8(10(18)19)2-3-16(7)9(17)5-15-6-11(12,13)14/h7-8,15H,2-6H2,1H3,(H,18,19). The van der Waals surface area contributed by atoms with Crippen molar-refractivity contribution in [3.63, 3.8) is 0 Å². The number of hydrogen-bond donors (Lipinski definition) is 2. The van der Waals surface area contributed by atoms with Crippen LogP contribution in [0.5, 0.6) is 0 Å². The lowest BCUT2D eigenvalue weighted by atomic mass is 9.92. The van der Waals surface area contributed by atoms with Crippen LogP contribution in [0.4, 0.5) is 13.2 Å². The highest BCUT2D eigenvalue weighted by molar-refractivity contribution is 5.79. The first-order chi connectivity index (χ1) is 8.70. The Labute approximate surface area is 108 Å². The number of piperidine rings is 1. The number of halogens is 3. The van der Waals surface area contributed by atoms with Crippen LogP contribution in [0.15, 0.2) is 0 Å². The molecule has 0 spiro atoms. The average Bonchev–Trinajstić information content (AvgIpc) is 2.26. The number of carboxylic acid groups (broad SMARTS) is 1. The molecule has 1 rings (SSSR count). The summed E-state index contributed by atoms with van der Waals surface area (Å²) in [6.07, 6.45) is -3.67. The molecule has 0 radical (unpaired) electrons. The molecule has 2 N–H and O–H groups in total. The summed E-state index contributed by atoms with van der Waals surface area (Å²) in [5, 5.41) is 10.9. The Balaban J connectivity index is 2.40. The largest absolute Gasteiger partial charge is 0.481 e. The molecule has 19 heavy (non-hydrogen) atoms. The molecule has 0 aromatic heterocycles. The summed E-state index contributed by atoms with van der Waals surface area (Å²) in [7, 11) is 0. The van der Waals surface area contributed by atoms with Crippen LogP contribution >= 0.6 is 0 Å². The third-order valence-electron chi connectivity index (χ3n) is 3.15. The summed E-state index contributed by atoms with van der Waals surface area (Å²) in [5.41, 5.74) is 0. The minimum atomic E-state index is -4.35. The zero-order valence-corrected chi connectivity index (χ0v) is 10.5. The fraction of sp³-hybridized carbons (Fsp3) is 0.818. The zero-order chi connectivity index (χ0) is 14.6. The second-order valence-electron chi connectivity index (χ2n) is 4.71. The van der Waals surface area contributed by atoms with Crippen LogP contribution in [0.1, 0.15) is 19.8 Å². The van der Waals surface area contributed by atoms with Gasteiger partial charge in [0.25, 0.3) is 0 Å². The minimum absolute atomic E-state index is 0.268. The van der Waals surface area contributed by atoms with E-state index in [1.54, 1.807) is 6.92 Å². The Morgan fingerprint density at radius 2 is 2.05 bits per heavy atom. The molecule has 1 heterocycles. The van der Waals surface area contributed by atoms with Crippen molar-refractivity contribution in [1.29, 1.82) is 0 Å². The Morgan fingerprint density at radius 3 is 2.53 bits per heavy atom. The number of nitrogens with one attached hydrogen (secondary N) is 1. The molecule has 110 valence electrons. The topological polar surface area (TPSA) is 69.6 Å². The van der Waals surface area contributed by atoms with Gasteiger partial charge in [-0.3, -0.25) is 9.59 Å². The van der Waals surface area contributed by atoms with Crippen LogP contribution < -0.4 is 5.32 Å². The van der Waals surface area contributed by atoms with Crippen molar-refractivity contribution in [2.24, 2.45) is 5.92 Å². The van der Waals surface area contributed by atoms with Crippen molar-refractivity contribution >= 4 is 11.9 Å². The van der Waals surface area contributed by atoms with E-state index >= 15 is 0 Å². The van der Waals surface area contributed by atoms with Crippen molar-refractivity contribution in [1.82, 2.24) is 10.2 Å². The molecule has 0 aliphatic carbocycles. The van der Waals surface area contributed by atoms with Crippen molar-refractivity contribution in [3.8, 4) is 0 Å². The molecule has 8 heteroatoms. The summed E-state index contributed by atoms with van der Waals surface area (Å²) >= 11 is 0. The van der Waals surface area contributed by atoms with Crippen molar-refractivity contribution in [3.05, 3.63) is 0 Å². The highest BCUT2D eigenvalue weighted by Crippen LogP contribution is 2.23. The minimum Gasteiger partial charge on any atom is -0.481 e. The molecule has 2 atom stereocenters. The first-order valence-corrected chi connectivity index (χ1v) is 6.00. The third kappa shape index (κ3) is 5.06. The molecule has 0 saturated carbocycles. The van der Waals surface area contributed by atoms with Crippen molar-refractivity contribution < 1.29 is 27.9 Å². The van der Waals surface area contributed by atoms with Crippen molar-refractivity contribution in [2.75, 3.05) is 19.6 Å². The van der Waals surface area contributed by atoms with E-state index < -0.39 is 30.5 Å². The van der Waals surface area contributed by atoms with Crippen LogP contribution in [0.25, 0.3) is 0 Å². The van der Waals surface area contributed by atoms with Crippen molar-refractivity contribution in [2.45, 2.75) is 32.0 Å². The molecular formula is C11H17F3N2O3. The number of carbonyl (C=O) groups is 2. The van der Waals surface area contributed by atoms with Gasteiger partial charge >= 0.3 is 12.1 Å². The average molecular weight is 282 g/mol. The molecular weight excluding hydrogens is 265 g/mol. The molecule has 5 nitrogen and oxygen atoms in total. The Morgan fingerprint density at radius 1 is 1.42 bits per heavy atom. The highest BCUT2D eigenvalue weighted by atomic mass is 19.4. The molecule has 1 amide bonds. The third-order valence-corrected chi connectivity index (χ3v) is 3.15. The number of hydrogen-bond acceptors (Lipinski definition) is 3. The fourth-order valence-corrected chi connectivity index (χ4v) is 2.18. The molecule has 0 aromatic carbocycles. The van der Waals surface area contributed by atoms with Crippen LogP contribution in [0.3, 0.4) is 0 Å². The lowest BCUT2D eigenvalue weighted by Gasteiger charge is -2.36. The molecule has 1 aliphatic rings. The Kier molecular flexibility index (Phi) is 5.16. The first kappa shape index (κ1) is 15.7. The number of aliphatic carboxylic acids is 1. The van der Waals surface area contributed by atoms with Crippen LogP contribution in [-0.2, 0) is 9.59 Å². The number of carbonyl (C=O) groups excluding carboxylic acids is 1. The maximum absolute atomic E-state index is 11.9. The molecule has 1 saturated heterocycles. The van der Waals surface area contributed by atoms with E-state index in [1.807, 2.05) is 5.32 Å². The van der Waals surface area contributed by atoms with Crippen LogP contribution in [0.2, 0.25) is 0 Å². The number of carboxylic acids is 1. The molecule has 0 bridgehead atoms. The van der Waals surface area contributed by atoms with Gasteiger partial charge in [-0.15, -0.1) is 0 Å². The molecule has 1 fully saturated rings. The lowest BCUT2D eigenvalue weighted by Crippen LogP contribution is -2.49. The van der Waals surface area contributed by atoms with Gasteiger partial charge in [-0.25, -0.2) is 0 Å². The van der Waals surface area contributed by atoms with Crippen LogP contribution in [-0.4, -0.2) is 53.7 Å². The SMILES string of the molecule is CC1CC(C(=O)O)CCN1C(=O)CNCC(F)(F)F. The zero-order valence-electron chi connectivity index (χ0n) is 10.5. The van der Waals surface area contributed by atoms with Gasteiger partial charge < -0.3 is 15.3 Å². The van der Waals surface area contributed by atoms with Gasteiger partial charge in [-0.2, -0.15) is 13.2 Å². The number of rotatable bonds is 4. The number of amides is 1. The summed E-state index contributed by atoms with van der Waals surface area (Å²) in [5.74, 6) is -1.81. The van der Waals surface area contributed by atoms with E-state index in [9.17, 15) is 22.8 Å². The summed E-state index contributed by atoms with van der Waals surface area (Å²) in [6.45, 7) is 0.377. The van der Waals surface area contributed by atoms with Crippen LogP contribution in [0, 0.1) is 5.92 Å². The van der Waals surface area contributed by atoms with Gasteiger partial charge in [0, 0.05) is 12.6 Å². The smallest absolute Gasteiger partial charge is 0.401 e. The Bertz CT molecular complexity index is 347. The predicted octanol–water partition coefficient (Wildman–Crippen LogP) is 0.850. The second kappa shape index (κ2) is 6.23. The van der Waals surface area contributed by atoms with E-state index in [-0.39, 0.29) is 19.1 Å². The summed E-state index contributed by atoms with van der Waals surface area (Å²) in [4.78, 5) is 24.0.